The number of rotatable bonds is 6. The summed E-state index contributed by atoms with van der Waals surface area (Å²) in [6.07, 6.45) is 0. The third kappa shape index (κ3) is 5.04. The molecule has 0 bridgehead atoms. The lowest BCUT2D eigenvalue weighted by Crippen LogP contribution is -2.11. The van der Waals surface area contributed by atoms with Crippen molar-refractivity contribution in [3.63, 3.8) is 0 Å². The molecule has 0 saturated carbocycles. The van der Waals surface area contributed by atoms with Gasteiger partial charge in [0, 0.05) is 18.0 Å². The summed E-state index contributed by atoms with van der Waals surface area (Å²) in [5.74, 6) is 0.865. The number of halogens is 3. The average molecular weight is 442 g/mol. The molecular formula is C14H16Br2ClNOS. The van der Waals surface area contributed by atoms with Crippen LogP contribution in [-0.2, 0) is 13.1 Å². The Morgan fingerprint density at radius 2 is 1.90 bits per heavy atom. The van der Waals surface area contributed by atoms with Gasteiger partial charge < -0.3 is 10.1 Å². The normalized spacial score (nSPS) is 10.2. The van der Waals surface area contributed by atoms with Crippen LogP contribution in [0.1, 0.15) is 17.4 Å². The third-order valence-corrected chi connectivity index (χ3v) is 4.61. The molecule has 2 rings (SSSR count). The fraction of sp³-hybridized carbons (Fsp3) is 0.286. The highest BCUT2D eigenvalue weighted by Crippen LogP contribution is 2.34. The van der Waals surface area contributed by atoms with E-state index in [4.69, 9.17) is 4.74 Å². The molecule has 2 nitrogen and oxygen atoms in total. The lowest BCUT2D eigenvalue weighted by Gasteiger charge is -2.11. The van der Waals surface area contributed by atoms with Crippen molar-refractivity contribution in [2.24, 2.45) is 0 Å². The van der Waals surface area contributed by atoms with Gasteiger partial charge in [0.2, 0.25) is 0 Å². The van der Waals surface area contributed by atoms with Gasteiger partial charge in [-0.25, -0.2) is 0 Å². The molecule has 1 aromatic carbocycles. The molecule has 0 aliphatic carbocycles. The van der Waals surface area contributed by atoms with Crippen LogP contribution >= 0.6 is 55.6 Å². The molecule has 0 aliphatic heterocycles. The quantitative estimate of drug-likeness (QED) is 0.650. The highest BCUT2D eigenvalue weighted by atomic mass is 79.9. The lowest BCUT2D eigenvalue weighted by atomic mass is 10.2. The molecule has 0 fully saturated rings. The molecule has 0 radical (unpaired) electrons. The molecule has 20 heavy (non-hydrogen) atoms. The number of hydrogen-bond donors (Lipinski definition) is 1. The summed E-state index contributed by atoms with van der Waals surface area (Å²) in [4.78, 5) is 1.35. The van der Waals surface area contributed by atoms with Crippen molar-refractivity contribution in [3.05, 3.63) is 49.0 Å². The van der Waals surface area contributed by atoms with Crippen molar-refractivity contribution in [2.45, 2.75) is 20.0 Å². The van der Waals surface area contributed by atoms with Crippen molar-refractivity contribution >= 4 is 55.6 Å². The van der Waals surface area contributed by atoms with Gasteiger partial charge in [0.15, 0.2) is 0 Å². The van der Waals surface area contributed by atoms with Crippen LogP contribution < -0.4 is 10.1 Å². The minimum Gasteiger partial charge on any atom is -0.492 e. The SMILES string of the molecule is CCOc1c(Br)cc(CNCc2cccs2)cc1Br.Cl. The molecule has 1 N–H and O–H groups in total. The number of thiophene rings is 1. The van der Waals surface area contributed by atoms with E-state index in [-0.39, 0.29) is 12.4 Å². The maximum absolute atomic E-state index is 5.57. The Hall–Kier alpha value is -0.0700. The molecule has 0 aliphatic rings. The smallest absolute Gasteiger partial charge is 0.147 e. The van der Waals surface area contributed by atoms with Gasteiger partial charge in [-0.1, -0.05) is 6.07 Å². The minimum absolute atomic E-state index is 0. The average Bonchev–Trinajstić information content (AvgIpc) is 2.87. The monoisotopic (exact) mass is 439 g/mol. The van der Waals surface area contributed by atoms with Crippen molar-refractivity contribution in [3.8, 4) is 5.75 Å². The van der Waals surface area contributed by atoms with Crippen LogP contribution in [0.5, 0.6) is 5.75 Å². The highest BCUT2D eigenvalue weighted by Gasteiger charge is 2.08. The van der Waals surface area contributed by atoms with Gasteiger partial charge in [-0.05, 0) is 67.9 Å². The van der Waals surface area contributed by atoms with E-state index in [1.54, 1.807) is 11.3 Å². The van der Waals surface area contributed by atoms with E-state index < -0.39 is 0 Å². The number of hydrogen-bond acceptors (Lipinski definition) is 3. The van der Waals surface area contributed by atoms with E-state index in [2.05, 4.69) is 66.8 Å². The molecule has 0 amide bonds. The summed E-state index contributed by atoms with van der Waals surface area (Å²) < 4.78 is 7.54. The summed E-state index contributed by atoms with van der Waals surface area (Å²) in [5.41, 5.74) is 1.22. The maximum Gasteiger partial charge on any atom is 0.147 e. The number of nitrogens with one attached hydrogen (secondary N) is 1. The first-order chi connectivity index (χ1) is 9.20. The molecule has 0 saturated heterocycles. The first-order valence-electron chi connectivity index (χ1n) is 6.04. The van der Waals surface area contributed by atoms with Crippen LogP contribution in [0.2, 0.25) is 0 Å². The van der Waals surface area contributed by atoms with Gasteiger partial charge >= 0.3 is 0 Å². The van der Waals surface area contributed by atoms with E-state index in [1.165, 1.54) is 10.4 Å². The van der Waals surface area contributed by atoms with Crippen LogP contribution in [-0.4, -0.2) is 6.61 Å². The summed E-state index contributed by atoms with van der Waals surface area (Å²) in [5, 5.41) is 5.54. The highest BCUT2D eigenvalue weighted by molar-refractivity contribution is 9.11. The van der Waals surface area contributed by atoms with Gasteiger partial charge in [-0.15, -0.1) is 23.7 Å². The Morgan fingerprint density at radius 1 is 1.20 bits per heavy atom. The van der Waals surface area contributed by atoms with Gasteiger partial charge in [0.05, 0.1) is 15.6 Å². The second kappa shape index (κ2) is 9.05. The van der Waals surface area contributed by atoms with Gasteiger partial charge in [0.25, 0.3) is 0 Å². The molecule has 0 unspecified atom stereocenters. The Balaban J connectivity index is 0.00000200. The summed E-state index contributed by atoms with van der Waals surface area (Å²) >= 11 is 8.87. The zero-order valence-electron chi connectivity index (χ0n) is 11.0. The molecule has 0 atom stereocenters. The second-order valence-corrected chi connectivity index (χ2v) is 6.75. The Kier molecular flexibility index (Phi) is 8.14. The van der Waals surface area contributed by atoms with E-state index in [1.807, 2.05) is 6.92 Å². The zero-order valence-corrected chi connectivity index (χ0v) is 15.8. The molecule has 6 heteroatoms. The number of benzene rings is 1. The standard InChI is InChI=1S/C14H15Br2NOS.ClH/c1-2-18-14-12(15)6-10(7-13(14)16)8-17-9-11-4-3-5-19-11;/h3-7,17H,2,8-9H2,1H3;1H. The van der Waals surface area contributed by atoms with E-state index in [0.717, 1.165) is 27.8 Å². The summed E-state index contributed by atoms with van der Waals surface area (Å²) in [7, 11) is 0. The Morgan fingerprint density at radius 3 is 2.45 bits per heavy atom. The predicted octanol–water partition coefficient (Wildman–Crippen LogP) is 5.38. The van der Waals surface area contributed by atoms with Gasteiger partial charge in [0.1, 0.15) is 5.75 Å². The third-order valence-electron chi connectivity index (χ3n) is 2.56. The second-order valence-electron chi connectivity index (χ2n) is 4.00. The summed E-state index contributed by atoms with van der Waals surface area (Å²) in [6.45, 7) is 4.38. The largest absolute Gasteiger partial charge is 0.492 e. The first kappa shape index (κ1) is 18.0. The van der Waals surface area contributed by atoms with Crippen LogP contribution in [0.25, 0.3) is 0 Å². The van der Waals surface area contributed by atoms with Crippen molar-refractivity contribution < 1.29 is 4.74 Å². The van der Waals surface area contributed by atoms with Crippen LogP contribution in [0.3, 0.4) is 0 Å². The molecular weight excluding hydrogens is 425 g/mol. The zero-order chi connectivity index (χ0) is 13.7. The predicted molar refractivity (Wildman–Crippen MR) is 95.1 cm³/mol. The molecule has 0 spiro atoms. The molecule has 1 aromatic heterocycles. The Bertz CT molecular complexity index is 511. The first-order valence-corrected chi connectivity index (χ1v) is 8.51. The fourth-order valence-electron chi connectivity index (χ4n) is 1.74. The lowest BCUT2D eigenvalue weighted by molar-refractivity contribution is 0.336. The van der Waals surface area contributed by atoms with Gasteiger partial charge in [-0.2, -0.15) is 0 Å². The molecule has 110 valence electrons. The Labute approximate surface area is 146 Å². The van der Waals surface area contributed by atoms with Crippen molar-refractivity contribution in [1.29, 1.82) is 0 Å². The van der Waals surface area contributed by atoms with E-state index in [0.29, 0.717) is 6.61 Å². The molecule has 2 aromatic rings. The number of ether oxygens (including phenoxy) is 1. The fourth-order valence-corrected chi connectivity index (χ4v) is 3.92. The van der Waals surface area contributed by atoms with Crippen molar-refractivity contribution in [2.75, 3.05) is 6.61 Å². The van der Waals surface area contributed by atoms with Crippen LogP contribution in [0, 0.1) is 0 Å². The van der Waals surface area contributed by atoms with Crippen LogP contribution in [0.4, 0.5) is 0 Å². The maximum atomic E-state index is 5.57. The molecule has 1 heterocycles. The minimum atomic E-state index is 0. The van der Waals surface area contributed by atoms with E-state index in [9.17, 15) is 0 Å². The van der Waals surface area contributed by atoms with E-state index >= 15 is 0 Å². The van der Waals surface area contributed by atoms with Crippen LogP contribution in [0.15, 0.2) is 38.6 Å². The summed E-state index contributed by atoms with van der Waals surface area (Å²) in [6, 6.07) is 8.40. The topological polar surface area (TPSA) is 21.3 Å². The van der Waals surface area contributed by atoms with Gasteiger partial charge in [-0.3, -0.25) is 0 Å². The van der Waals surface area contributed by atoms with Crippen molar-refractivity contribution in [1.82, 2.24) is 5.32 Å².